The smallest absolute Gasteiger partial charge is 0.421 e. The third-order valence-electron chi connectivity index (χ3n) is 3.13. The van der Waals surface area contributed by atoms with E-state index in [1.807, 2.05) is 0 Å². The molecule has 3 N–H and O–H groups in total. The second-order valence-electron chi connectivity index (χ2n) is 5.35. The molecule has 0 fully saturated rings. The number of nitrogens with one attached hydrogen (secondary N) is 2. The van der Waals surface area contributed by atoms with Crippen LogP contribution in [0.5, 0.6) is 0 Å². The van der Waals surface area contributed by atoms with Crippen LogP contribution in [0, 0.1) is 0 Å². The van der Waals surface area contributed by atoms with Crippen LogP contribution in [-0.4, -0.2) is 27.1 Å². The number of rotatable bonds is 6. The number of carboxylic acid groups (broad SMARTS) is 1. The van der Waals surface area contributed by atoms with E-state index in [2.05, 4.69) is 20.6 Å². The first-order valence-corrected chi connectivity index (χ1v) is 7.96. The molecule has 0 spiro atoms. The second kappa shape index (κ2) is 7.96. The normalized spacial score (nSPS) is 12.5. The molecule has 0 amide bonds. The van der Waals surface area contributed by atoms with E-state index in [1.54, 1.807) is 6.07 Å². The van der Waals surface area contributed by atoms with Crippen LogP contribution >= 0.6 is 23.2 Å². The van der Waals surface area contributed by atoms with E-state index in [0.717, 1.165) is 0 Å². The largest absolute Gasteiger partial charge is 0.481 e. The number of nitrogens with zero attached hydrogens (tertiary/aromatic N) is 2. The first-order valence-electron chi connectivity index (χ1n) is 7.21. The molecular formula is C15H13Cl2F3N4O2. The number of aromatic nitrogens is 2. The molecule has 0 bridgehead atoms. The van der Waals surface area contributed by atoms with Gasteiger partial charge < -0.3 is 15.7 Å². The summed E-state index contributed by atoms with van der Waals surface area (Å²) in [5, 5.41) is 14.5. The molecule has 1 aromatic carbocycles. The quantitative estimate of drug-likeness (QED) is 0.634. The summed E-state index contributed by atoms with van der Waals surface area (Å²) in [5.41, 5.74) is -0.682. The topological polar surface area (TPSA) is 87.1 Å². The molecule has 0 saturated heterocycles. The maximum Gasteiger partial charge on any atom is 0.421 e. The van der Waals surface area contributed by atoms with Gasteiger partial charge in [-0.25, -0.2) is 4.98 Å². The Morgan fingerprint density at radius 1 is 1.31 bits per heavy atom. The Bertz CT molecular complexity index is 818. The lowest BCUT2D eigenvalue weighted by atomic mass is 10.2. The van der Waals surface area contributed by atoms with Crippen molar-refractivity contribution in [3.63, 3.8) is 0 Å². The van der Waals surface area contributed by atoms with Gasteiger partial charge in [-0.15, -0.1) is 0 Å². The molecule has 0 saturated carbocycles. The Morgan fingerprint density at radius 3 is 2.58 bits per heavy atom. The van der Waals surface area contributed by atoms with Crippen molar-refractivity contribution in [3.05, 3.63) is 40.0 Å². The summed E-state index contributed by atoms with van der Waals surface area (Å²) in [7, 11) is 0. The van der Waals surface area contributed by atoms with Gasteiger partial charge in [0.2, 0.25) is 5.95 Å². The highest BCUT2D eigenvalue weighted by atomic mass is 35.5. The van der Waals surface area contributed by atoms with E-state index in [0.29, 0.717) is 16.9 Å². The monoisotopic (exact) mass is 408 g/mol. The lowest BCUT2D eigenvalue weighted by Gasteiger charge is -2.18. The molecule has 11 heteroatoms. The van der Waals surface area contributed by atoms with Gasteiger partial charge in [0.05, 0.1) is 16.5 Å². The van der Waals surface area contributed by atoms with E-state index in [4.69, 9.17) is 28.3 Å². The zero-order chi connectivity index (χ0) is 19.5. The van der Waals surface area contributed by atoms with E-state index in [1.165, 1.54) is 19.1 Å². The first-order chi connectivity index (χ1) is 12.1. The highest BCUT2D eigenvalue weighted by Gasteiger charge is 2.35. The second-order valence-corrected chi connectivity index (χ2v) is 6.17. The van der Waals surface area contributed by atoms with Crippen LogP contribution in [0.3, 0.4) is 0 Å². The summed E-state index contributed by atoms with van der Waals surface area (Å²) in [6.07, 6.45) is -4.47. The van der Waals surface area contributed by atoms with Crippen molar-refractivity contribution in [2.45, 2.75) is 25.6 Å². The number of carboxylic acids is 1. The molecule has 2 aromatic rings. The van der Waals surface area contributed by atoms with Crippen LogP contribution in [-0.2, 0) is 11.0 Å². The summed E-state index contributed by atoms with van der Waals surface area (Å²) in [4.78, 5) is 18.2. The third kappa shape index (κ3) is 5.37. The predicted molar refractivity (Wildman–Crippen MR) is 92.1 cm³/mol. The number of anilines is 3. The van der Waals surface area contributed by atoms with Gasteiger partial charge in [-0.3, -0.25) is 4.79 Å². The maximum atomic E-state index is 13.1. The van der Waals surface area contributed by atoms with Gasteiger partial charge in [-0.1, -0.05) is 23.2 Å². The van der Waals surface area contributed by atoms with Crippen LogP contribution in [0.1, 0.15) is 18.9 Å². The summed E-state index contributed by atoms with van der Waals surface area (Å²) in [6, 6.07) is 3.74. The molecule has 26 heavy (non-hydrogen) atoms. The lowest BCUT2D eigenvalue weighted by molar-refractivity contribution is -0.137. The van der Waals surface area contributed by atoms with Crippen LogP contribution in [0.2, 0.25) is 10.0 Å². The molecule has 0 aliphatic carbocycles. The summed E-state index contributed by atoms with van der Waals surface area (Å²) in [5.74, 6) is -1.80. The number of carbonyl (C=O) groups is 1. The fourth-order valence-electron chi connectivity index (χ4n) is 2.01. The minimum absolute atomic E-state index is 0.124. The molecule has 6 nitrogen and oxygen atoms in total. The van der Waals surface area contributed by atoms with Gasteiger partial charge in [-0.05, 0) is 25.1 Å². The van der Waals surface area contributed by atoms with Gasteiger partial charge in [0.15, 0.2) is 0 Å². The van der Waals surface area contributed by atoms with Gasteiger partial charge in [-0.2, -0.15) is 18.2 Å². The van der Waals surface area contributed by atoms with Crippen molar-refractivity contribution < 1.29 is 23.1 Å². The summed E-state index contributed by atoms with van der Waals surface area (Å²) >= 11 is 11.7. The van der Waals surface area contributed by atoms with Gasteiger partial charge in [0.25, 0.3) is 0 Å². The van der Waals surface area contributed by atoms with E-state index < -0.39 is 29.6 Å². The molecule has 140 valence electrons. The van der Waals surface area contributed by atoms with Gasteiger partial charge in [0.1, 0.15) is 11.4 Å². The highest BCUT2D eigenvalue weighted by Crippen LogP contribution is 2.34. The van der Waals surface area contributed by atoms with Crippen molar-refractivity contribution in [1.82, 2.24) is 9.97 Å². The first kappa shape index (κ1) is 20.1. The molecule has 1 unspecified atom stereocenters. The molecule has 2 rings (SSSR count). The summed E-state index contributed by atoms with van der Waals surface area (Å²) in [6.45, 7) is 1.43. The molecule has 1 heterocycles. The van der Waals surface area contributed by atoms with E-state index in [-0.39, 0.29) is 17.4 Å². The Kier molecular flexibility index (Phi) is 6.14. The van der Waals surface area contributed by atoms with Gasteiger partial charge >= 0.3 is 12.1 Å². The molecule has 0 aliphatic heterocycles. The minimum Gasteiger partial charge on any atom is -0.481 e. The zero-order valence-electron chi connectivity index (χ0n) is 13.2. The SMILES string of the molecule is CC(CC(=O)O)Nc1nc(Nc2ccc(Cl)c(Cl)c2)ncc1C(F)(F)F. The van der Waals surface area contributed by atoms with Crippen molar-refractivity contribution in [1.29, 1.82) is 0 Å². The Morgan fingerprint density at radius 2 is 2.00 bits per heavy atom. The van der Waals surface area contributed by atoms with Crippen molar-refractivity contribution >= 4 is 46.6 Å². The molecule has 1 aromatic heterocycles. The third-order valence-corrected chi connectivity index (χ3v) is 3.87. The standard InChI is InChI=1S/C15H13Cl2F3N4O2/c1-7(4-12(25)26)22-13-9(15(18,19)20)6-21-14(24-13)23-8-2-3-10(16)11(17)5-8/h2-3,5-7H,4H2,1H3,(H,25,26)(H2,21,22,23,24). The molecule has 0 radical (unpaired) electrons. The molecule has 0 aliphatic rings. The molecule has 1 atom stereocenters. The Balaban J connectivity index is 2.32. The van der Waals surface area contributed by atoms with Crippen LogP contribution in [0.4, 0.5) is 30.6 Å². The number of benzene rings is 1. The fourth-order valence-corrected chi connectivity index (χ4v) is 2.31. The van der Waals surface area contributed by atoms with Gasteiger partial charge in [0, 0.05) is 17.9 Å². The van der Waals surface area contributed by atoms with Crippen molar-refractivity contribution in [2.75, 3.05) is 10.6 Å². The number of halogens is 5. The van der Waals surface area contributed by atoms with E-state index in [9.17, 15) is 18.0 Å². The number of hydrogen-bond acceptors (Lipinski definition) is 5. The number of aliphatic carboxylic acids is 1. The average Bonchev–Trinajstić information content (AvgIpc) is 2.49. The Labute approximate surface area is 156 Å². The Hall–Kier alpha value is -2.26. The maximum absolute atomic E-state index is 13.1. The minimum atomic E-state index is -4.70. The van der Waals surface area contributed by atoms with Crippen LogP contribution < -0.4 is 10.6 Å². The zero-order valence-corrected chi connectivity index (χ0v) is 14.7. The van der Waals surface area contributed by atoms with Crippen LogP contribution in [0.15, 0.2) is 24.4 Å². The summed E-state index contributed by atoms with van der Waals surface area (Å²) < 4.78 is 39.4. The van der Waals surface area contributed by atoms with E-state index >= 15 is 0 Å². The number of hydrogen-bond donors (Lipinski definition) is 3. The highest BCUT2D eigenvalue weighted by molar-refractivity contribution is 6.42. The van der Waals surface area contributed by atoms with Crippen LogP contribution in [0.25, 0.3) is 0 Å². The molecular weight excluding hydrogens is 396 g/mol. The fraction of sp³-hybridized carbons (Fsp3) is 0.267. The average molecular weight is 409 g/mol. The lowest BCUT2D eigenvalue weighted by Crippen LogP contribution is -2.23. The van der Waals surface area contributed by atoms with Crippen molar-refractivity contribution in [3.8, 4) is 0 Å². The van der Waals surface area contributed by atoms with Crippen molar-refractivity contribution in [2.24, 2.45) is 0 Å². The predicted octanol–water partition coefficient (Wildman–Crippen LogP) is 4.82. The number of alkyl halides is 3.